The molecule has 1 atom stereocenters. The first kappa shape index (κ1) is 21.8. The third-order valence-electron chi connectivity index (χ3n) is 6.93. The zero-order valence-corrected chi connectivity index (χ0v) is 19.9. The van der Waals surface area contributed by atoms with Crippen molar-refractivity contribution in [2.45, 2.75) is 38.0 Å². The molecule has 0 N–H and O–H groups in total. The first-order chi connectivity index (χ1) is 16.1. The summed E-state index contributed by atoms with van der Waals surface area (Å²) in [5, 5.41) is 0. The van der Waals surface area contributed by atoms with Crippen LogP contribution >= 0.6 is 15.9 Å². The molecule has 0 saturated heterocycles. The van der Waals surface area contributed by atoms with Gasteiger partial charge in [0.2, 0.25) is 0 Å². The molecule has 1 spiro atoms. The van der Waals surface area contributed by atoms with E-state index < -0.39 is 5.41 Å². The molecule has 4 heteroatoms. The minimum Gasteiger partial charge on any atom is -0.425 e. The summed E-state index contributed by atoms with van der Waals surface area (Å²) in [6.07, 6.45) is 4.44. The van der Waals surface area contributed by atoms with Crippen molar-refractivity contribution in [1.82, 2.24) is 0 Å². The van der Waals surface area contributed by atoms with Crippen LogP contribution in [0, 0.1) is 5.41 Å². The molecule has 166 valence electrons. The van der Waals surface area contributed by atoms with Gasteiger partial charge in [-0.2, -0.15) is 0 Å². The van der Waals surface area contributed by atoms with E-state index in [9.17, 15) is 9.59 Å². The lowest BCUT2D eigenvalue weighted by Crippen LogP contribution is -2.45. The number of rotatable bonds is 4. The molecule has 3 nitrogen and oxygen atoms in total. The summed E-state index contributed by atoms with van der Waals surface area (Å²) < 4.78 is 7.04. The highest BCUT2D eigenvalue weighted by atomic mass is 79.9. The highest BCUT2D eigenvalue weighted by molar-refractivity contribution is 9.10. The lowest BCUT2D eigenvalue weighted by Gasteiger charge is -2.46. The summed E-state index contributed by atoms with van der Waals surface area (Å²) >= 11 is 3.60. The molecule has 0 bridgehead atoms. The average Bonchev–Trinajstić information content (AvgIpc) is 2.86. The van der Waals surface area contributed by atoms with Gasteiger partial charge in [0, 0.05) is 21.5 Å². The van der Waals surface area contributed by atoms with Crippen LogP contribution in [0.2, 0.25) is 0 Å². The van der Waals surface area contributed by atoms with Gasteiger partial charge in [0.25, 0.3) is 0 Å². The van der Waals surface area contributed by atoms with Crippen molar-refractivity contribution in [3.8, 4) is 0 Å². The van der Waals surface area contributed by atoms with Gasteiger partial charge in [-0.1, -0.05) is 108 Å². The maximum atomic E-state index is 14.1. The third kappa shape index (κ3) is 3.97. The van der Waals surface area contributed by atoms with Gasteiger partial charge in [0.15, 0.2) is 5.78 Å². The Kier molecular flexibility index (Phi) is 6.03. The van der Waals surface area contributed by atoms with E-state index in [0.29, 0.717) is 16.9 Å². The molecule has 2 aliphatic rings. The number of cyclic esters (lactones) is 1. The van der Waals surface area contributed by atoms with Crippen LogP contribution in [-0.2, 0) is 9.53 Å². The smallest absolute Gasteiger partial charge is 0.318 e. The van der Waals surface area contributed by atoms with Crippen LogP contribution in [0.3, 0.4) is 0 Å². The number of carbonyl (C=O) groups excluding carboxylic acids is 2. The van der Waals surface area contributed by atoms with Gasteiger partial charge in [0.1, 0.15) is 5.76 Å². The number of benzene rings is 3. The van der Waals surface area contributed by atoms with Crippen LogP contribution in [0.15, 0.2) is 95.0 Å². The summed E-state index contributed by atoms with van der Waals surface area (Å²) in [4.78, 5) is 27.9. The van der Waals surface area contributed by atoms with Crippen molar-refractivity contribution in [3.63, 3.8) is 0 Å². The Balaban J connectivity index is 1.81. The zero-order valence-electron chi connectivity index (χ0n) is 18.3. The van der Waals surface area contributed by atoms with E-state index in [4.69, 9.17) is 4.74 Å². The quantitative estimate of drug-likeness (QED) is 0.278. The fourth-order valence-electron chi connectivity index (χ4n) is 5.41. The Morgan fingerprint density at radius 1 is 0.848 bits per heavy atom. The molecule has 5 rings (SSSR count). The topological polar surface area (TPSA) is 43.4 Å². The molecule has 3 aromatic carbocycles. The molecule has 1 aliphatic carbocycles. The van der Waals surface area contributed by atoms with E-state index >= 15 is 0 Å². The standard InChI is InChI=1S/C29H25BrO3/c30-23-16-10-15-22(19-23)25-24(26(31)20-11-4-1-5-12-20)27(21-13-6-2-7-14-21)33-28(32)29(25)17-8-3-9-18-29/h1-2,4-7,10-16,19,25H,3,8-9,17-18H2. The Morgan fingerprint density at radius 3 is 2.18 bits per heavy atom. The molecular weight excluding hydrogens is 476 g/mol. The summed E-state index contributed by atoms with van der Waals surface area (Å²) in [7, 11) is 0. The van der Waals surface area contributed by atoms with E-state index in [2.05, 4.69) is 15.9 Å². The second-order valence-corrected chi connectivity index (χ2v) is 9.81. The van der Waals surface area contributed by atoms with Crippen LogP contribution in [0.4, 0.5) is 0 Å². The van der Waals surface area contributed by atoms with Crippen LogP contribution < -0.4 is 0 Å². The van der Waals surface area contributed by atoms with Crippen LogP contribution in [0.1, 0.15) is 59.5 Å². The van der Waals surface area contributed by atoms with Crippen molar-refractivity contribution < 1.29 is 14.3 Å². The lowest BCUT2D eigenvalue weighted by molar-refractivity contribution is -0.153. The Morgan fingerprint density at radius 2 is 1.52 bits per heavy atom. The van der Waals surface area contributed by atoms with Gasteiger partial charge in [0.05, 0.1) is 11.0 Å². The molecule has 1 saturated carbocycles. The predicted octanol–water partition coefficient (Wildman–Crippen LogP) is 7.33. The van der Waals surface area contributed by atoms with Crippen molar-refractivity contribution in [3.05, 3.63) is 112 Å². The van der Waals surface area contributed by atoms with Gasteiger partial charge in [-0.25, -0.2) is 0 Å². The van der Waals surface area contributed by atoms with Gasteiger partial charge in [-0.15, -0.1) is 0 Å². The number of ketones is 1. The molecule has 1 fully saturated rings. The molecule has 0 amide bonds. The summed E-state index contributed by atoms with van der Waals surface area (Å²) in [5.41, 5.74) is 2.15. The normalized spacial score (nSPS) is 19.9. The van der Waals surface area contributed by atoms with E-state index in [1.165, 1.54) is 0 Å². The van der Waals surface area contributed by atoms with Crippen molar-refractivity contribution in [2.75, 3.05) is 0 Å². The van der Waals surface area contributed by atoms with Gasteiger partial charge < -0.3 is 4.74 Å². The van der Waals surface area contributed by atoms with E-state index in [-0.39, 0.29) is 17.7 Å². The predicted molar refractivity (Wildman–Crippen MR) is 133 cm³/mol. The number of allylic oxidation sites excluding steroid dienone is 1. The molecule has 33 heavy (non-hydrogen) atoms. The van der Waals surface area contributed by atoms with Crippen LogP contribution in [0.25, 0.3) is 5.76 Å². The Labute approximate surface area is 202 Å². The Hall–Kier alpha value is -2.98. The molecule has 1 unspecified atom stereocenters. The minimum atomic E-state index is -0.739. The highest BCUT2D eigenvalue weighted by Crippen LogP contribution is 2.56. The van der Waals surface area contributed by atoms with E-state index in [0.717, 1.165) is 47.7 Å². The zero-order chi connectivity index (χ0) is 22.8. The maximum absolute atomic E-state index is 14.1. The number of esters is 1. The van der Waals surface area contributed by atoms with Crippen molar-refractivity contribution in [1.29, 1.82) is 0 Å². The second-order valence-electron chi connectivity index (χ2n) is 8.90. The average molecular weight is 501 g/mol. The molecule has 0 aromatic heterocycles. The molecular formula is C29H25BrO3. The highest BCUT2D eigenvalue weighted by Gasteiger charge is 2.55. The Bertz CT molecular complexity index is 1210. The number of Topliss-reactive ketones (excluding diaryl/α,β-unsaturated/α-hetero) is 1. The fraction of sp³-hybridized carbons (Fsp3) is 0.241. The van der Waals surface area contributed by atoms with Crippen LogP contribution in [0.5, 0.6) is 0 Å². The number of hydrogen-bond donors (Lipinski definition) is 0. The summed E-state index contributed by atoms with van der Waals surface area (Å²) in [5.74, 6) is -0.289. The first-order valence-corrected chi connectivity index (χ1v) is 12.3. The number of halogens is 1. The second kappa shape index (κ2) is 9.11. The van der Waals surface area contributed by atoms with Crippen LogP contribution in [-0.4, -0.2) is 11.8 Å². The number of ether oxygens (including phenoxy) is 1. The molecule has 1 aliphatic heterocycles. The SMILES string of the molecule is O=C(C1=C(c2ccccc2)OC(=O)C2(CCCCC2)C1c1cccc(Br)c1)c1ccccc1. The summed E-state index contributed by atoms with van der Waals surface area (Å²) in [6, 6.07) is 26.9. The van der Waals surface area contributed by atoms with Gasteiger partial charge >= 0.3 is 5.97 Å². The minimum absolute atomic E-state index is 0.0862. The third-order valence-corrected chi connectivity index (χ3v) is 7.42. The molecule has 3 aromatic rings. The monoisotopic (exact) mass is 500 g/mol. The summed E-state index contributed by atoms with van der Waals surface area (Å²) in [6.45, 7) is 0. The largest absolute Gasteiger partial charge is 0.425 e. The number of carbonyl (C=O) groups is 2. The maximum Gasteiger partial charge on any atom is 0.318 e. The molecule has 0 radical (unpaired) electrons. The van der Waals surface area contributed by atoms with Gasteiger partial charge in [-0.05, 0) is 30.5 Å². The first-order valence-electron chi connectivity index (χ1n) is 11.5. The van der Waals surface area contributed by atoms with Crippen molar-refractivity contribution >= 4 is 33.4 Å². The molecule has 1 heterocycles. The van der Waals surface area contributed by atoms with Crippen molar-refractivity contribution in [2.24, 2.45) is 5.41 Å². The number of hydrogen-bond acceptors (Lipinski definition) is 3. The van der Waals surface area contributed by atoms with E-state index in [1.807, 2.05) is 84.9 Å². The van der Waals surface area contributed by atoms with Gasteiger partial charge in [-0.3, -0.25) is 9.59 Å². The lowest BCUT2D eigenvalue weighted by atomic mass is 9.59. The van der Waals surface area contributed by atoms with E-state index in [1.54, 1.807) is 0 Å². The fourth-order valence-corrected chi connectivity index (χ4v) is 5.82.